The monoisotopic (exact) mass is 321 g/mol. The quantitative estimate of drug-likeness (QED) is 0.890. The van der Waals surface area contributed by atoms with Crippen molar-refractivity contribution in [2.75, 3.05) is 20.8 Å². The third kappa shape index (κ3) is 3.97. The fraction of sp³-hybridized carbons (Fsp3) is 0.235. The smallest absolute Gasteiger partial charge is 0.251 e. The lowest BCUT2D eigenvalue weighted by molar-refractivity contribution is 0.0953. The van der Waals surface area contributed by atoms with Crippen LogP contribution < -0.4 is 14.8 Å². The standard InChI is InChI=1S/C17H17F2NO3/c1-22-14-7-6-12(10-15(14)23-2)17(21)20-9-8-11-4-3-5-13(18)16(11)19/h3-7,10H,8-9H2,1-2H3,(H,20,21). The molecule has 6 heteroatoms. The Bertz CT molecular complexity index is 704. The number of halogens is 2. The molecule has 0 saturated heterocycles. The summed E-state index contributed by atoms with van der Waals surface area (Å²) in [5, 5.41) is 2.66. The van der Waals surface area contributed by atoms with Gasteiger partial charge in [0.2, 0.25) is 0 Å². The van der Waals surface area contributed by atoms with E-state index in [4.69, 9.17) is 9.47 Å². The molecule has 122 valence electrons. The van der Waals surface area contributed by atoms with Gasteiger partial charge in [0.25, 0.3) is 5.91 Å². The molecule has 2 aromatic rings. The molecule has 0 unspecified atom stereocenters. The maximum Gasteiger partial charge on any atom is 0.251 e. The van der Waals surface area contributed by atoms with Gasteiger partial charge < -0.3 is 14.8 Å². The summed E-state index contributed by atoms with van der Waals surface area (Å²) >= 11 is 0. The largest absolute Gasteiger partial charge is 0.493 e. The molecule has 0 bridgehead atoms. The maximum atomic E-state index is 13.5. The van der Waals surface area contributed by atoms with Crippen molar-refractivity contribution in [2.45, 2.75) is 6.42 Å². The highest BCUT2D eigenvalue weighted by Gasteiger charge is 2.11. The number of rotatable bonds is 6. The number of hydrogen-bond acceptors (Lipinski definition) is 3. The van der Waals surface area contributed by atoms with E-state index in [9.17, 15) is 13.6 Å². The predicted octanol–water partition coefficient (Wildman–Crippen LogP) is 2.95. The molecule has 1 N–H and O–H groups in total. The van der Waals surface area contributed by atoms with E-state index in [0.29, 0.717) is 17.1 Å². The number of nitrogens with one attached hydrogen (secondary N) is 1. The van der Waals surface area contributed by atoms with Gasteiger partial charge in [0, 0.05) is 12.1 Å². The molecule has 0 heterocycles. The van der Waals surface area contributed by atoms with Gasteiger partial charge >= 0.3 is 0 Å². The molecule has 0 aliphatic heterocycles. The SMILES string of the molecule is COc1ccc(C(=O)NCCc2cccc(F)c2F)cc1OC. The Balaban J connectivity index is 1.98. The molecule has 0 atom stereocenters. The number of carbonyl (C=O) groups excluding carboxylic acids is 1. The predicted molar refractivity (Wildman–Crippen MR) is 81.9 cm³/mol. The summed E-state index contributed by atoms with van der Waals surface area (Å²) in [5.74, 6) is -1.15. The first-order valence-electron chi connectivity index (χ1n) is 7.00. The summed E-state index contributed by atoms with van der Waals surface area (Å²) in [6.45, 7) is 0.188. The summed E-state index contributed by atoms with van der Waals surface area (Å²) in [6, 6.07) is 8.75. The van der Waals surface area contributed by atoms with E-state index < -0.39 is 11.6 Å². The van der Waals surface area contributed by atoms with Crippen LogP contribution in [0.15, 0.2) is 36.4 Å². The summed E-state index contributed by atoms with van der Waals surface area (Å²) < 4.78 is 36.8. The zero-order valence-corrected chi connectivity index (χ0v) is 12.9. The van der Waals surface area contributed by atoms with Crippen molar-refractivity contribution < 1.29 is 23.0 Å². The van der Waals surface area contributed by atoms with Crippen LogP contribution in [0.5, 0.6) is 11.5 Å². The third-order valence-electron chi connectivity index (χ3n) is 3.36. The van der Waals surface area contributed by atoms with E-state index in [2.05, 4.69) is 5.32 Å². The fourth-order valence-corrected chi connectivity index (χ4v) is 2.13. The Kier molecular flexibility index (Phi) is 5.51. The molecule has 0 fully saturated rings. The van der Waals surface area contributed by atoms with E-state index in [0.717, 1.165) is 6.07 Å². The van der Waals surface area contributed by atoms with E-state index in [-0.39, 0.29) is 24.4 Å². The highest BCUT2D eigenvalue weighted by molar-refractivity contribution is 5.94. The van der Waals surface area contributed by atoms with Crippen LogP contribution >= 0.6 is 0 Å². The molecule has 0 spiro atoms. The maximum absolute atomic E-state index is 13.5. The minimum atomic E-state index is -0.895. The summed E-state index contributed by atoms with van der Waals surface area (Å²) in [4.78, 5) is 12.1. The lowest BCUT2D eigenvalue weighted by atomic mass is 10.1. The number of amides is 1. The molecular weight excluding hydrogens is 304 g/mol. The summed E-state index contributed by atoms with van der Waals surface area (Å²) in [6.07, 6.45) is 0.197. The molecule has 0 aliphatic rings. The van der Waals surface area contributed by atoms with Crippen LogP contribution in [0.4, 0.5) is 8.78 Å². The van der Waals surface area contributed by atoms with Gasteiger partial charge in [-0.1, -0.05) is 12.1 Å². The van der Waals surface area contributed by atoms with Gasteiger partial charge in [-0.3, -0.25) is 4.79 Å². The Morgan fingerprint density at radius 2 is 1.83 bits per heavy atom. The second kappa shape index (κ2) is 7.58. The lowest BCUT2D eigenvalue weighted by Gasteiger charge is -2.10. The van der Waals surface area contributed by atoms with Crippen molar-refractivity contribution in [1.82, 2.24) is 5.32 Å². The zero-order valence-electron chi connectivity index (χ0n) is 12.9. The molecule has 1 amide bonds. The Labute approximate surface area is 133 Å². The minimum Gasteiger partial charge on any atom is -0.493 e. The molecule has 2 aromatic carbocycles. The van der Waals surface area contributed by atoms with Gasteiger partial charge in [0.15, 0.2) is 23.1 Å². The van der Waals surface area contributed by atoms with Crippen molar-refractivity contribution in [3.8, 4) is 11.5 Å². The molecule has 0 aromatic heterocycles. The van der Waals surface area contributed by atoms with Crippen LogP contribution in [0.3, 0.4) is 0 Å². The van der Waals surface area contributed by atoms with Crippen LogP contribution in [-0.4, -0.2) is 26.7 Å². The fourth-order valence-electron chi connectivity index (χ4n) is 2.13. The van der Waals surface area contributed by atoms with Crippen molar-refractivity contribution in [1.29, 1.82) is 0 Å². The molecule has 0 saturated carbocycles. The molecular formula is C17H17F2NO3. The molecule has 23 heavy (non-hydrogen) atoms. The topological polar surface area (TPSA) is 47.6 Å². The number of methoxy groups -OCH3 is 2. The van der Waals surface area contributed by atoms with Gasteiger partial charge in [0.05, 0.1) is 14.2 Å². The Hall–Kier alpha value is -2.63. The van der Waals surface area contributed by atoms with Crippen molar-refractivity contribution in [2.24, 2.45) is 0 Å². The normalized spacial score (nSPS) is 10.3. The first-order chi connectivity index (χ1) is 11.1. The van der Waals surface area contributed by atoms with Crippen molar-refractivity contribution in [3.63, 3.8) is 0 Å². The first kappa shape index (κ1) is 16.7. The van der Waals surface area contributed by atoms with Crippen LogP contribution in [0.2, 0.25) is 0 Å². The van der Waals surface area contributed by atoms with Crippen molar-refractivity contribution in [3.05, 3.63) is 59.2 Å². The second-order valence-corrected chi connectivity index (χ2v) is 4.79. The van der Waals surface area contributed by atoms with Crippen LogP contribution in [0.25, 0.3) is 0 Å². The molecule has 0 radical (unpaired) electrons. The zero-order chi connectivity index (χ0) is 16.8. The third-order valence-corrected chi connectivity index (χ3v) is 3.36. The number of carbonyl (C=O) groups is 1. The molecule has 2 rings (SSSR count). The van der Waals surface area contributed by atoms with E-state index in [1.54, 1.807) is 18.2 Å². The van der Waals surface area contributed by atoms with E-state index >= 15 is 0 Å². The van der Waals surface area contributed by atoms with Crippen LogP contribution in [0.1, 0.15) is 15.9 Å². The highest BCUT2D eigenvalue weighted by Crippen LogP contribution is 2.27. The summed E-state index contributed by atoms with van der Waals surface area (Å²) in [5.41, 5.74) is 0.611. The Morgan fingerprint density at radius 3 is 2.52 bits per heavy atom. The molecule has 4 nitrogen and oxygen atoms in total. The summed E-state index contributed by atoms with van der Waals surface area (Å²) in [7, 11) is 2.98. The average molecular weight is 321 g/mol. The van der Waals surface area contributed by atoms with Gasteiger partial charge in [-0.15, -0.1) is 0 Å². The number of hydrogen-bond donors (Lipinski definition) is 1. The van der Waals surface area contributed by atoms with Crippen molar-refractivity contribution >= 4 is 5.91 Å². The lowest BCUT2D eigenvalue weighted by Crippen LogP contribution is -2.26. The van der Waals surface area contributed by atoms with Gasteiger partial charge in [0.1, 0.15) is 0 Å². The first-order valence-corrected chi connectivity index (χ1v) is 7.00. The van der Waals surface area contributed by atoms with E-state index in [1.807, 2.05) is 0 Å². The van der Waals surface area contributed by atoms with Crippen LogP contribution in [-0.2, 0) is 6.42 Å². The minimum absolute atomic E-state index is 0.188. The Morgan fingerprint density at radius 1 is 1.09 bits per heavy atom. The number of ether oxygens (including phenoxy) is 2. The second-order valence-electron chi connectivity index (χ2n) is 4.79. The van der Waals surface area contributed by atoms with E-state index in [1.165, 1.54) is 26.4 Å². The molecule has 0 aliphatic carbocycles. The van der Waals surface area contributed by atoms with Gasteiger partial charge in [-0.25, -0.2) is 8.78 Å². The van der Waals surface area contributed by atoms with Gasteiger partial charge in [-0.05, 0) is 36.2 Å². The highest BCUT2D eigenvalue weighted by atomic mass is 19.2. The van der Waals surface area contributed by atoms with Crippen LogP contribution in [0, 0.1) is 11.6 Å². The average Bonchev–Trinajstić information content (AvgIpc) is 2.57. The number of benzene rings is 2. The van der Waals surface area contributed by atoms with Gasteiger partial charge in [-0.2, -0.15) is 0 Å².